The fourth-order valence-electron chi connectivity index (χ4n) is 0.319. The van der Waals surface area contributed by atoms with E-state index >= 15 is 0 Å². The molecule has 11 heavy (non-hydrogen) atoms. The second kappa shape index (κ2) is 11.5. The number of nitrogens with zero attached hydrogens (tertiary/aromatic N) is 1. The molecular formula is C10H15N. The molecule has 0 aromatic rings. The Kier molecular flexibility index (Phi) is 13.0. The summed E-state index contributed by atoms with van der Waals surface area (Å²) in [5.74, 6) is 5.37. The van der Waals surface area contributed by atoms with Gasteiger partial charge in [-0.3, -0.25) is 0 Å². The van der Waals surface area contributed by atoms with Crippen LogP contribution in [0, 0.1) is 11.8 Å². The maximum absolute atomic E-state index is 3.82. The number of rotatable bonds is 2. The molecule has 0 aliphatic heterocycles. The molecule has 0 bridgehead atoms. The van der Waals surface area contributed by atoms with Crippen LogP contribution in [0.25, 0.3) is 0 Å². The van der Waals surface area contributed by atoms with Gasteiger partial charge in [0.15, 0.2) is 0 Å². The van der Waals surface area contributed by atoms with Crippen LogP contribution in [0.15, 0.2) is 29.9 Å². The minimum Gasteiger partial charge on any atom is -0.248 e. The Morgan fingerprint density at radius 2 is 2.00 bits per heavy atom. The van der Waals surface area contributed by atoms with Gasteiger partial charge in [-0.25, -0.2) is 4.99 Å². The molecule has 0 heterocycles. The van der Waals surface area contributed by atoms with E-state index in [4.69, 9.17) is 0 Å². The molecule has 0 fully saturated rings. The van der Waals surface area contributed by atoms with Crippen LogP contribution in [0.2, 0.25) is 0 Å². The number of allylic oxidation sites excluding steroid dienone is 2. The smallest absolute Gasteiger partial charge is 0.105 e. The SMILES string of the molecule is C=CC=NC(=C)C#CC.CC. The van der Waals surface area contributed by atoms with Crippen molar-refractivity contribution in [2.75, 3.05) is 0 Å². The van der Waals surface area contributed by atoms with Gasteiger partial charge in [0.2, 0.25) is 0 Å². The molecule has 0 unspecified atom stereocenters. The van der Waals surface area contributed by atoms with Crippen molar-refractivity contribution in [1.82, 2.24) is 0 Å². The van der Waals surface area contributed by atoms with Gasteiger partial charge in [-0.2, -0.15) is 0 Å². The van der Waals surface area contributed by atoms with Crippen LogP contribution < -0.4 is 0 Å². The molecule has 60 valence electrons. The third-order valence-electron chi connectivity index (χ3n) is 0.605. The molecule has 1 heteroatoms. The Morgan fingerprint density at radius 1 is 1.45 bits per heavy atom. The van der Waals surface area contributed by atoms with Crippen molar-refractivity contribution in [3.63, 3.8) is 0 Å². The maximum atomic E-state index is 3.82. The summed E-state index contributed by atoms with van der Waals surface area (Å²) >= 11 is 0. The lowest BCUT2D eigenvalue weighted by Gasteiger charge is -1.79. The van der Waals surface area contributed by atoms with E-state index < -0.39 is 0 Å². The van der Waals surface area contributed by atoms with Gasteiger partial charge in [-0.05, 0) is 12.8 Å². The summed E-state index contributed by atoms with van der Waals surface area (Å²) in [6.07, 6.45) is 3.15. The number of aliphatic imine (C=N–C) groups is 1. The van der Waals surface area contributed by atoms with Gasteiger partial charge in [0.05, 0.1) is 0 Å². The molecular weight excluding hydrogens is 134 g/mol. The standard InChI is InChI=1S/C8H9N.C2H6/c1-4-6-8(3)9-7-5-2;1-2/h5,7H,2-3H2,1H3;1-2H3. The van der Waals surface area contributed by atoms with Gasteiger partial charge < -0.3 is 0 Å². The Bertz CT molecular complexity index is 189. The van der Waals surface area contributed by atoms with Crippen LogP contribution in [0.5, 0.6) is 0 Å². The van der Waals surface area contributed by atoms with Crippen molar-refractivity contribution in [2.45, 2.75) is 20.8 Å². The van der Waals surface area contributed by atoms with Crippen LogP contribution in [0.1, 0.15) is 20.8 Å². The summed E-state index contributed by atoms with van der Waals surface area (Å²) in [5.41, 5.74) is 0.567. The third-order valence-corrected chi connectivity index (χ3v) is 0.605. The van der Waals surface area contributed by atoms with E-state index in [0.717, 1.165) is 0 Å². The maximum Gasteiger partial charge on any atom is 0.105 e. The topological polar surface area (TPSA) is 12.4 Å². The zero-order valence-corrected chi connectivity index (χ0v) is 7.52. The summed E-state index contributed by atoms with van der Waals surface area (Å²) in [7, 11) is 0. The zero-order valence-electron chi connectivity index (χ0n) is 7.52. The molecule has 0 aromatic carbocycles. The molecule has 0 aromatic heterocycles. The van der Waals surface area contributed by atoms with Gasteiger partial charge in [0.25, 0.3) is 0 Å². The van der Waals surface area contributed by atoms with E-state index in [1.165, 1.54) is 0 Å². The van der Waals surface area contributed by atoms with Crippen molar-refractivity contribution < 1.29 is 0 Å². The fraction of sp³-hybridized carbons (Fsp3) is 0.300. The van der Waals surface area contributed by atoms with E-state index in [1.807, 2.05) is 13.8 Å². The van der Waals surface area contributed by atoms with Crippen molar-refractivity contribution in [3.8, 4) is 11.8 Å². The highest BCUT2D eigenvalue weighted by molar-refractivity contribution is 5.71. The third kappa shape index (κ3) is 12.0. The minimum atomic E-state index is 0.567. The van der Waals surface area contributed by atoms with Crippen molar-refractivity contribution in [1.29, 1.82) is 0 Å². The first-order valence-electron chi connectivity index (χ1n) is 3.58. The lowest BCUT2D eigenvalue weighted by Crippen LogP contribution is -1.68. The van der Waals surface area contributed by atoms with Gasteiger partial charge >= 0.3 is 0 Å². The summed E-state index contributed by atoms with van der Waals surface area (Å²) in [6.45, 7) is 12.8. The second-order valence-corrected chi connectivity index (χ2v) is 1.34. The van der Waals surface area contributed by atoms with E-state index in [-0.39, 0.29) is 0 Å². The first-order chi connectivity index (χ1) is 5.31. The van der Waals surface area contributed by atoms with Crippen LogP contribution in [0.3, 0.4) is 0 Å². The normalized spacial score (nSPS) is 7.18. The van der Waals surface area contributed by atoms with E-state index in [1.54, 1.807) is 19.2 Å². The van der Waals surface area contributed by atoms with Crippen LogP contribution in [0.4, 0.5) is 0 Å². The fourth-order valence-corrected chi connectivity index (χ4v) is 0.319. The van der Waals surface area contributed by atoms with E-state index in [2.05, 4.69) is 30.0 Å². The quantitative estimate of drug-likeness (QED) is 0.423. The Hall–Kier alpha value is -1.29. The molecule has 0 rings (SSSR count). The van der Waals surface area contributed by atoms with Crippen molar-refractivity contribution in [3.05, 3.63) is 24.9 Å². The van der Waals surface area contributed by atoms with Crippen LogP contribution in [-0.2, 0) is 0 Å². The molecule has 0 radical (unpaired) electrons. The molecule has 0 saturated carbocycles. The average molecular weight is 149 g/mol. The summed E-state index contributed by atoms with van der Waals surface area (Å²) in [6, 6.07) is 0. The Balaban J connectivity index is 0. The van der Waals surface area contributed by atoms with Gasteiger partial charge in [0.1, 0.15) is 5.70 Å². The summed E-state index contributed by atoms with van der Waals surface area (Å²) in [4.78, 5) is 3.82. The molecule has 0 amide bonds. The van der Waals surface area contributed by atoms with Gasteiger partial charge in [-0.1, -0.05) is 39.0 Å². The van der Waals surface area contributed by atoms with Crippen molar-refractivity contribution >= 4 is 6.21 Å². The largest absolute Gasteiger partial charge is 0.248 e. The first-order valence-corrected chi connectivity index (χ1v) is 3.58. The second-order valence-electron chi connectivity index (χ2n) is 1.34. The van der Waals surface area contributed by atoms with E-state index in [9.17, 15) is 0 Å². The van der Waals surface area contributed by atoms with Gasteiger partial charge in [0, 0.05) is 6.21 Å². The predicted molar refractivity (Wildman–Crippen MR) is 52.6 cm³/mol. The van der Waals surface area contributed by atoms with Crippen LogP contribution in [-0.4, -0.2) is 6.21 Å². The summed E-state index contributed by atoms with van der Waals surface area (Å²) < 4.78 is 0. The molecule has 0 aliphatic rings. The van der Waals surface area contributed by atoms with Crippen molar-refractivity contribution in [2.24, 2.45) is 4.99 Å². The molecule has 1 nitrogen and oxygen atoms in total. The summed E-state index contributed by atoms with van der Waals surface area (Å²) in [5, 5.41) is 0. The molecule has 0 atom stereocenters. The molecule has 0 spiro atoms. The monoisotopic (exact) mass is 149 g/mol. The highest BCUT2D eigenvalue weighted by atomic mass is 14.7. The van der Waals surface area contributed by atoms with E-state index in [0.29, 0.717) is 5.70 Å². The molecule has 0 saturated heterocycles. The first kappa shape index (κ1) is 12.4. The highest BCUT2D eigenvalue weighted by Crippen LogP contribution is 1.85. The zero-order chi connectivity index (χ0) is 9.11. The molecule has 0 N–H and O–H groups in total. The minimum absolute atomic E-state index is 0.567. The number of hydrogen-bond donors (Lipinski definition) is 0. The Morgan fingerprint density at radius 3 is 2.36 bits per heavy atom. The molecule has 0 aliphatic carbocycles. The van der Waals surface area contributed by atoms with Crippen LogP contribution >= 0.6 is 0 Å². The number of hydrogen-bond acceptors (Lipinski definition) is 1. The lowest BCUT2D eigenvalue weighted by molar-refractivity contribution is 1.49. The highest BCUT2D eigenvalue weighted by Gasteiger charge is 1.73. The lowest BCUT2D eigenvalue weighted by atomic mass is 10.5. The van der Waals surface area contributed by atoms with Gasteiger partial charge in [-0.15, -0.1) is 0 Å². The predicted octanol–water partition coefficient (Wildman–Crippen LogP) is 2.81. The average Bonchev–Trinajstić information content (AvgIpc) is 2.05. The Labute approximate surface area is 69.5 Å².